The quantitative estimate of drug-likeness (QED) is 0.848. The van der Waals surface area contributed by atoms with Crippen molar-refractivity contribution in [3.05, 3.63) is 52.5 Å². The van der Waals surface area contributed by atoms with Crippen molar-refractivity contribution in [3.63, 3.8) is 0 Å². The van der Waals surface area contributed by atoms with Crippen molar-refractivity contribution in [2.45, 2.75) is 6.54 Å². The zero-order chi connectivity index (χ0) is 13.0. The predicted octanol–water partition coefficient (Wildman–Crippen LogP) is 3.65. The zero-order valence-electron chi connectivity index (χ0n) is 10.1. The van der Waals surface area contributed by atoms with Gasteiger partial charge in [-0.25, -0.2) is 0 Å². The highest BCUT2D eigenvalue weighted by Crippen LogP contribution is 2.25. The molecular formula is C14H15BrN2O. The van der Waals surface area contributed by atoms with Crippen LogP contribution in [0, 0.1) is 0 Å². The Morgan fingerprint density at radius 2 is 2.00 bits per heavy atom. The van der Waals surface area contributed by atoms with Crippen molar-refractivity contribution in [3.8, 4) is 5.75 Å². The summed E-state index contributed by atoms with van der Waals surface area (Å²) in [7, 11) is 1.61. The van der Waals surface area contributed by atoms with Crippen molar-refractivity contribution in [2.75, 3.05) is 18.2 Å². The molecule has 2 rings (SSSR count). The van der Waals surface area contributed by atoms with Gasteiger partial charge in [-0.2, -0.15) is 0 Å². The minimum atomic E-state index is 0.643. The number of anilines is 2. The highest BCUT2D eigenvalue weighted by molar-refractivity contribution is 9.10. The number of benzene rings is 2. The smallest absolute Gasteiger partial charge is 0.143 e. The van der Waals surface area contributed by atoms with Crippen LogP contribution in [0.3, 0.4) is 0 Å². The van der Waals surface area contributed by atoms with E-state index < -0.39 is 0 Å². The molecule has 0 amide bonds. The van der Waals surface area contributed by atoms with Crippen LogP contribution in [0.25, 0.3) is 0 Å². The molecule has 0 saturated heterocycles. The van der Waals surface area contributed by atoms with Crippen LogP contribution in [0.2, 0.25) is 0 Å². The average Bonchev–Trinajstić information content (AvgIpc) is 2.39. The van der Waals surface area contributed by atoms with Crippen molar-refractivity contribution < 1.29 is 4.74 Å². The fraction of sp³-hybridized carbons (Fsp3) is 0.143. The summed E-state index contributed by atoms with van der Waals surface area (Å²) in [6, 6.07) is 13.8. The van der Waals surface area contributed by atoms with Gasteiger partial charge < -0.3 is 15.8 Å². The third-order valence-electron chi connectivity index (χ3n) is 2.67. The molecule has 3 N–H and O–H groups in total. The average molecular weight is 307 g/mol. The van der Waals surface area contributed by atoms with Crippen LogP contribution in [0.1, 0.15) is 5.56 Å². The van der Waals surface area contributed by atoms with Crippen LogP contribution >= 0.6 is 15.9 Å². The molecule has 0 spiro atoms. The van der Waals surface area contributed by atoms with Crippen molar-refractivity contribution in [1.29, 1.82) is 0 Å². The van der Waals surface area contributed by atoms with Gasteiger partial charge in [-0.15, -0.1) is 0 Å². The standard InChI is InChI=1S/C14H15BrN2O/c1-18-14-8-11(6-7-13(14)16)17-9-10-4-2-3-5-12(10)15/h2-8,17H,9,16H2,1H3. The maximum Gasteiger partial charge on any atom is 0.143 e. The molecule has 0 fully saturated rings. The van der Waals surface area contributed by atoms with Gasteiger partial charge in [-0.05, 0) is 23.8 Å². The van der Waals surface area contributed by atoms with Crippen LogP contribution < -0.4 is 15.8 Å². The lowest BCUT2D eigenvalue weighted by Gasteiger charge is -2.10. The minimum Gasteiger partial charge on any atom is -0.495 e. The summed E-state index contributed by atoms with van der Waals surface area (Å²) in [5.74, 6) is 0.687. The lowest BCUT2D eigenvalue weighted by molar-refractivity contribution is 0.417. The maximum absolute atomic E-state index is 5.77. The molecule has 2 aromatic carbocycles. The van der Waals surface area contributed by atoms with Gasteiger partial charge in [0, 0.05) is 22.8 Å². The molecule has 0 aliphatic rings. The second-order valence-electron chi connectivity index (χ2n) is 3.90. The molecule has 0 unspecified atom stereocenters. The molecule has 0 bridgehead atoms. The molecule has 0 atom stereocenters. The summed E-state index contributed by atoms with van der Waals surface area (Å²) in [5, 5.41) is 3.34. The second kappa shape index (κ2) is 5.78. The summed E-state index contributed by atoms with van der Waals surface area (Å²) >= 11 is 3.52. The Kier molecular flexibility index (Phi) is 4.10. The highest BCUT2D eigenvalue weighted by Gasteiger charge is 2.02. The molecule has 0 aromatic heterocycles. The molecule has 94 valence electrons. The topological polar surface area (TPSA) is 47.3 Å². The Morgan fingerprint density at radius 3 is 2.72 bits per heavy atom. The number of nitrogens with one attached hydrogen (secondary N) is 1. The van der Waals surface area contributed by atoms with Gasteiger partial charge in [0.25, 0.3) is 0 Å². The molecule has 0 aliphatic carbocycles. The normalized spacial score (nSPS) is 10.1. The summed E-state index contributed by atoms with van der Waals surface area (Å²) in [4.78, 5) is 0. The Balaban J connectivity index is 2.09. The van der Waals surface area contributed by atoms with Gasteiger partial charge in [0.15, 0.2) is 0 Å². The molecule has 4 heteroatoms. The lowest BCUT2D eigenvalue weighted by atomic mass is 10.2. The molecule has 0 radical (unpaired) electrons. The third-order valence-corrected chi connectivity index (χ3v) is 3.45. The van der Waals surface area contributed by atoms with Crippen LogP contribution in [0.4, 0.5) is 11.4 Å². The largest absolute Gasteiger partial charge is 0.495 e. The summed E-state index contributed by atoms with van der Waals surface area (Å²) in [6.07, 6.45) is 0. The molecular weight excluding hydrogens is 292 g/mol. The van der Waals surface area contributed by atoms with Crippen molar-refractivity contribution in [2.24, 2.45) is 0 Å². The minimum absolute atomic E-state index is 0.643. The van der Waals surface area contributed by atoms with E-state index in [1.807, 2.05) is 36.4 Å². The van der Waals surface area contributed by atoms with E-state index in [-0.39, 0.29) is 0 Å². The van der Waals surface area contributed by atoms with Crippen LogP contribution in [-0.4, -0.2) is 7.11 Å². The van der Waals surface area contributed by atoms with E-state index in [2.05, 4.69) is 27.3 Å². The number of halogens is 1. The molecule has 3 nitrogen and oxygen atoms in total. The van der Waals surface area contributed by atoms with E-state index >= 15 is 0 Å². The molecule has 0 aliphatic heterocycles. The van der Waals surface area contributed by atoms with Gasteiger partial charge in [-0.3, -0.25) is 0 Å². The molecule has 0 heterocycles. The van der Waals surface area contributed by atoms with E-state index in [0.717, 1.165) is 16.7 Å². The van der Waals surface area contributed by atoms with Gasteiger partial charge in [0.2, 0.25) is 0 Å². The van der Waals surface area contributed by atoms with Gasteiger partial charge >= 0.3 is 0 Å². The van der Waals surface area contributed by atoms with Gasteiger partial charge in [0.1, 0.15) is 5.75 Å². The van der Waals surface area contributed by atoms with Crippen LogP contribution in [0.15, 0.2) is 46.9 Å². The van der Waals surface area contributed by atoms with Crippen molar-refractivity contribution in [1.82, 2.24) is 0 Å². The number of methoxy groups -OCH3 is 1. The summed E-state index contributed by atoms with van der Waals surface area (Å²) < 4.78 is 6.28. The van der Waals surface area contributed by atoms with E-state index in [9.17, 15) is 0 Å². The lowest BCUT2D eigenvalue weighted by Crippen LogP contribution is -2.01. The monoisotopic (exact) mass is 306 g/mol. The zero-order valence-corrected chi connectivity index (χ0v) is 11.7. The van der Waals surface area contributed by atoms with E-state index in [1.165, 1.54) is 5.56 Å². The number of nitrogen functional groups attached to an aromatic ring is 1. The summed E-state index contributed by atoms with van der Waals surface area (Å²) in [6.45, 7) is 0.745. The first-order valence-electron chi connectivity index (χ1n) is 5.61. The maximum atomic E-state index is 5.77. The Hall–Kier alpha value is -1.68. The van der Waals surface area contributed by atoms with Crippen molar-refractivity contribution >= 4 is 27.3 Å². The van der Waals surface area contributed by atoms with E-state index in [0.29, 0.717) is 11.4 Å². The first-order valence-corrected chi connectivity index (χ1v) is 6.41. The van der Waals surface area contributed by atoms with E-state index in [1.54, 1.807) is 7.11 Å². The number of nitrogens with two attached hydrogens (primary N) is 1. The SMILES string of the molecule is COc1cc(NCc2ccccc2Br)ccc1N. The Bertz CT molecular complexity index is 543. The third kappa shape index (κ3) is 2.96. The van der Waals surface area contributed by atoms with E-state index in [4.69, 9.17) is 10.5 Å². The predicted molar refractivity (Wildman–Crippen MR) is 78.9 cm³/mol. The number of hydrogen-bond donors (Lipinski definition) is 2. The first-order chi connectivity index (χ1) is 8.70. The Labute approximate surface area is 115 Å². The fourth-order valence-electron chi connectivity index (χ4n) is 1.66. The highest BCUT2D eigenvalue weighted by atomic mass is 79.9. The Morgan fingerprint density at radius 1 is 1.22 bits per heavy atom. The molecule has 0 saturated carbocycles. The molecule has 2 aromatic rings. The van der Waals surface area contributed by atoms with Crippen LogP contribution in [-0.2, 0) is 6.54 Å². The fourth-order valence-corrected chi connectivity index (χ4v) is 2.09. The molecule has 18 heavy (non-hydrogen) atoms. The second-order valence-corrected chi connectivity index (χ2v) is 4.76. The first kappa shape index (κ1) is 12.8. The number of hydrogen-bond acceptors (Lipinski definition) is 3. The van der Waals surface area contributed by atoms with Gasteiger partial charge in [-0.1, -0.05) is 34.1 Å². The van der Waals surface area contributed by atoms with Crippen LogP contribution in [0.5, 0.6) is 5.75 Å². The number of rotatable bonds is 4. The summed E-state index contributed by atoms with van der Waals surface area (Å²) in [5.41, 5.74) is 8.60. The van der Waals surface area contributed by atoms with Gasteiger partial charge in [0.05, 0.1) is 12.8 Å². The number of ether oxygens (including phenoxy) is 1.